The first kappa shape index (κ1) is 14.7. The molecule has 0 bridgehead atoms. The third-order valence-corrected chi connectivity index (χ3v) is 4.52. The van der Waals surface area contributed by atoms with Gasteiger partial charge in [-0.1, -0.05) is 66.4 Å². The SMILES string of the molecule is C=C1/C=C\C=C/CN(c2ccc(C)cc2)c2ccccc2S1. The maximum Gasteiger partial charge on any atom is 0.0555 e. The standard InChI is InChI=1S/C20H19NS/c1-16-11-13-18(14-12-16)21-15-7-3-4-8-17(2)22-20-10-6-5-9-19(20)21/h3-14H,2,15H2,1H3/b7-3-,8-4-. The minimum Gasteiger partial charge on any atom is -0.337 e. The fourth-order valence-electron chi connectivity index (χ4n) is 2.42. The number of anilines is 2. The molecule has 0 fully saturated rings. The van der Waals surface area contributed by atoms with Crippen molar-refractivity contribution in [3.63, 3.8) is 0 Å². The van der Waals surface area contributed by atoms with Gasteiger partial charge in [-0.05, 0) is 37.3 Å². The molecule has 0 amide bonds. The highest BCUT2D eigenvalue weighted by Gasteiger charge is 2.13. The van der Waals surface area contributed by atoms with Crippen LogP contribution in [0.2, 0.25) is 0 Å². The molecule has 0 saturated carbocycles. The molecule has 2 heteroatoms. The van der Waals surface area contributed by atoms with Crippen molar-refractivity contribution < 1.29 is 0 Å². The summed E-state index contributed by atoms with van der Waals surface area (Å²) in [4.78, 5) is 4.61. The minimum atomic E-state index is 0.845. The smallest absolute Gasteiger partial charge is 0.0555 e. The van der Waals surface area contributed by atoms with Crippen molar-refractivity contribution in [3.05, 3.63) is 89.9 Å². The zero-order valence-electron chi connectivity index (χ0n) is 12.7. The van der Waals surface area contributed by atoms with Crippen LogP contribution in [0.4, 0.5) is 11.4 Å². The van der Waals surface area contributed by atoms with Gasteiger partial charge >= 0.3 is 0 Å². The van der Waals surface area contributed by atoms with Gasteiger partial charge in [-0.15, -0.1) is 0 Å². The van der Waals surface area contributed by atoms with Gasteiger partial charge < -0.3 is 4.90 Å². The normalized spacial score (nSPS) is 17.7. The molecule has 22 heavy (non-hydrogen) atoms. The van der Waals surface area contributed by atoms with Crippen LogP contribution in [-0.4, -0.2) is 6.54 Å². The number of nitrogens with zero attached hydrogens (tertiary/aromatic N) is 1. The Bertz CT molecular complexity index is 726. The predicted molar refractivity (Wildman–Crippen MR) is 97.9 cm³/mol. The molecule has 0 N–H and O–H groups in total. The van der Waals surface area contributed by atoms with E-state index in [9.17, 15) is 0 Å². The molecular weight excluding hydrogens is 286 g/mol. The van der Waals surface area contributed by atoms with E-state index >= 15 is 0 Å². The lowest BCUT2D eigenvalue weighted by atomic mass is 10.2. The fourth-order valence-corrected chi connectivity index (χ4v) is 3.28. The number of thioether (sulfide) groups is 1. The number of hydrogen-bond acceptors (Lipinski definition) is 2. The van der Waals surface area contributed by atoms with Gasteiger partial charge in [0.05, 0.1) is 5.69 Å². The molecule has 0 saturated heterocycles. The third kappa shape index (κ3) is 3.34. The van der Waals surface area contributed by atoms with E-state index in [1.54, 1.807) is 11.8 Å². The summed E-state index contributed by atoms with van der Waals surface area (Å²) >= 11 is 1.71. The first-order chi connectivity index (χ1) is 10.7. The summed E-state index contributed by atoms with van der Waals surface area (Å²) in [6, 6.07) is 17.2. The van der Waals surface area contributed by atoms with E-state index in [1.165, 1.54) is 21.8 Å². The summed E-state index contributed by atoms with van der Waals surface area (Å²) in [5.74, 6) is 0. The van der Waals surface area contributed by atoms with E-state index in [4.69, 9.17) is 0 Å². The highest BCUT2D eigenvalue weighted by atomic mass is 32.2. The first-order valence-corrected chi connectivity index (χ1v) is 8.19. The Labute approximate surface area is 136 Å². The van der Waals surface area contributed by atoms with Crippen LogP contribution in [0.3, 0.4) is 0 Å². The Balaban J connectivity index is 2.08. The summed E-state index contributed by atoms with van der Waals surface area (Å²) in [6.07, 6.45) is 8.37. The summed E-state index contributed by atoms with van der Waals surface area (Å²) in [5.41, 5.74) is 3.70. The molecule has 0 aliphatic carbocycles. The van der Waals surface area contributed by atoms with Crippen LogP contribution in [0.1, 0.15) is 5.56 Å². The molecule has 0 aromatic heterocycles. The Morgan fingerprint density at radius 3 is 2.59 bits per heavy atom. The molecule has 3 rings (SSSR count). The lowest BCUT2D eigenvalue weighted by Crippen LogP contribution is -2.17. The third-order valence-electron chi connectivity index (χ3n) is 3.56. The minimum absolute atomic E-state index is 0.845. The van der Waals surface area contributed by atoms with Gasteiger partial charge in [-0.3, -0.25) is 0 Å². The lowest BCUT2D eigenvalue weighted by molar-refractivity contribution is 1.07. The van der Waals surface area contributed by atoms with Gasteiger partial charge in [-0.2, -0.15) is 0 Å². The van der Waals surface area contributed by atoms with E-state index in [0.717, 1.165) is 11.4 Å². The molecule has 0 atom stereocenters. The van der Waals surface area contributed by atoms with Gasteiger partial charge in [0.2, 0.25) is 0 Å². The second-order valence-corrected chi connectivity index (χ2v) is 6.44. The van der Waals surface area contributed by atoms with Gasteiger partial charge in [0, 0.05) is 22.0 Å². The highest BCUT2D eigenvalue weighted by Crippen LogP contribution is 2.38. The number of allylic oxidation sites excluding steroid dienone is 3. The lowest BCUT2D eigenvalue weighted by Gasteiger charge is -2.26. The maximum atomic E-state index is 4.12. The Morgan fingerprint density at radius 1 is 1.00 bits per heavy atom. The van der Waals surface area contributed by atoms with Crippen LogP contribution in [0.5, 0.6) is 0 Å². The molecular formula is C20H19NS. The molecule has 2 aromatic rings. The number of benzene rings is 2. The predicted octanol–water partition coefficient (Wildman–Crippen LogP) is 5.86. The van der Waals surface area contributed by atoms with E-state index in [0.29, 0.717) is 0 Å². The Kier molecular flexibility index (Phi) is 4.50. The number of para-hydroxylation sites is 1. The van der Waals surface area contributed by atoms with Crippen molar-refractivity contribution in [2.75, 3.05) is 11.4 Å². The average Bonchev–Trinajstić information content (AvgIpc) is 2.53. The first-order valence-electron chi connectivity index (χ1n) is 7.37. The van der Waals surface area contributed by atoms with Crippen molar-refractivity contribution in [1.82, 2.24) is 0 Å². The van der Waals surface area contributed by atoms with Crippen LogP contribution in [0, 0.1) is 6.92 Å². The topological polar surface area (TPSA) is 3.24 Å². The van der Waals surface area contributed by atoms with Gasteiger partial charge in [0.15, 0.2) is 0 Å². The van der Waals surface area contributed by atoms with Crippen molar-refractivity contribution >= 4 is 23.1 Å². The molecule has 1 nitrogen and oxygen atoms in total. The zero-order valence-corrected chi connectivity index (χ0v) is 13.5. The van der Waals surface area contributed by atoms with Crippen LogP contribution in [0.15, 0.2) is 89.2 Å². The Hall–Kier alpha value is -2.19. The van der Waals surface area contributed by atoms with Crippen LogP contribution < -0.4 is 4.90 Å². The summed E-state index contributed by atoms with van der Waals surface area (Å²) in [6.45, 7) is 7.08. The van der Waals surface area contributed by atoms with E-state index in [-0.39, 0.29) is 0 Å². The van der Waals surface area contributed by atoms with Crippen molar-refractivity contribution in [2.45, 2.75) is 11.8 Å². The molecule has 2 aromatic carbocycles. The molecule has 0 spiro atoms. The van der Waals surface area contributed by atoms with Crippen molar-refractivity contribution in [2.24, 2.45) is 0 Å². The quantitative estimate of drug-likeness (QED) is 0.648. The second-order valence-electron chi connectivity index (χ2n) is 5.27. The van der Waals surface area contributed by atoms with Crippen LogP contribution >= 0.6 is 11.8 Å². The highest BCUT2D eigenvalue weighted by molar-refractivity contribution is 8.03. The van der Waals surface area contributed by atoms with Gasteiger partial charge in [0.1, 0.15) is 0 Å². The molecule has 0 radical (unpaired) electrons. The number of fused-ring (bicyclic) bond motifs is 1. The van der Waals surface area contributed by atoms with Crippen molar-refractivity contribution in [3.8, 4) is 0 Å². The second kappa shape index (κ2) is 6.71. The fraction of sp³-hybridized carbons (Fsp3) is 0.100. The van der Waals surface area contributed by atoms with Crippen molar-refractivity contribution in [1.29, 1.82) is 0 Å². The average molecular weight is 305 g/mol. The molecule has 1 heterocycles. The van der Waals surface area contributed by atoms with E-state index in [2.05, 4.69) is 91.2 Å². The zero-order chi connectivity index (χ0) is 15.4. The monoisotopic (exact) mass is 305 g/mol. The largest absolute Gasteiger partial charge is 0.337 e. The van der Waals surface area contributed by atoms with Gasteiger partial charge in [-0.25, -0.2) is 0 Å². The van der Waals surface area contributed by atoms with Gasteiger partial charge in [0.25, 0.3) is 0 Å². The molecule has 1 aliphatic heterocycles. The van der Waals surface area contributed by atoms with Crippen LogP contribution in [-0.2, 0) is 0 Å². The number of hydrogen-bond donors (Lipinski definition) is 0. The summed E-state index contributed by atoms with van der Waals surface area (Å²) in [5, 5.41) is 0. The summed E-state index contributed by atoms with van der Waals surface area (Å²) in [7, 11) is 0. The van der Waals surface area contributed by atoms with Crippen LogP contribution in [0.25, 0.3) is 0 Å². The van der Waals surface area contributed by atoms with E-state index in [1.807, 2.05) is 0 Å². The maximum absolute atomic E-state index is 4.12. The Morgan fingerprint density at radius 2 is 1.77 bits per heavy atom. The number of aryl methyl sites for hydroxylation is 1. The molecule has 0 unspecified atom stereocenters. The molecule has 1 aliphatic rings. The molecule has 110 valence electrons. The number of rotatable bonds is 1. The summed E-state index contributed by atoms with van der Waals surface area (Å²) < 4.78 is 0. The van der Waals surface area contributed by atoms with E-state index < -0.39 is 0 Å².